The van der Waals surface area contributed by atoms with Gasteiger partial charge < -0.3 is 19.7 Å². The van der Waals surface area contributed by atoms with Crippen LogP contribution in [-0.4, -0.2) is 35.7 Å². The number of rotatable bonds is 5. The van der Waals surface area contributed by atoms with Crippen LogP contribution >= 0.6 is 11.6 Å². The summed E-state index contributed by atoms with van der Waals surface area (Å²) in [5.41, 5.74) is 6.47. The van der Waals surface area contributed by atoms with E-state index in [0.717, 1.165) is 45.4 Å². The summed E-state index contributed by atoms with van der Waals surface area (Å²) in [7, 11) is 3.24. The molecule has 1 aromatic heterocycles. The maximum Gasteiger partial charge on any atom is 0.179 e. The van der Waals surface area contributed by atoms with Crippen LogP contribution in [-0.2, 0) is 0 Å². The summed E-state index contributed by atoms with van der Waals surface area (Å²) in [6.07, 6.45) is 0. The Morgan fingerprint density at radius 3 is 2.31 bits per heavy atom. The first-order valence-corrected chi connectivity index (χ1v) is 13.9. The molecule has 7 rings (SSSR count). The van der Waals surface area contributed by atoms with Gasteiger partial charge in [0.25, 0.3) is 0 Å². The molecule has 4 aromatic carbocycles. The molecule has 3 heterocycles. The molecule has 1 unspecified atom stereocenters. The van der Waals surface area contributed by atoms with Gasteiger partial charge in [-0.15, -0.1) is 0 Å². The van der Waals surface area contributed by atoms with Crippen LogP contribution in [0.25, 0.3) is 5.69 Å². The summed E-state index contributed by atoms with van der Waals surface area (Å²) in [6, 6.07) is 31.6. The van der Waals surface area contributed by atoms with Gasteiger partial charge >= 0.3 is 0 Å². The van der Waals surface area contributed by atoms with Gasteiger partial charge in [0.1, 0.15) is 0 Å². The summed E-state index contributed by atoms with van der Waals surface area (Å²) < 4.78 is 12.9. The Kier molecular flexibility index (Phi) is 6.40. The van der Waals surface area contributed by atoms with Crippen LogP contribution < -0.4 is 19.7 Å². The molecular formula is C33H27ClN6O2. The third-order valence-corrected chi connectivity index (χ3v) is 7.72. The number of amidine groups is 2. The third kappa shape index (κ3) is 4.28. The predicted octanol–water partition coefficient (Wildman–Crippen LogP) is 7.65. The van der Waals surface area contributed by atoms with Gasteiger partial charge in [0, 0.05) is 22.3 Å². The van der Waals surface area contributed by atoms with E-state index >= 15 is 0 Å². The highest BCUT2D eigenvalue weighted by Crippen LogP contribution is 2.48. The lowest BCUT2D eigenvalue weighted by Crippen LogP contribution is -2.46. The molecule has 5 aromatic rings. The molecule has 2 aliphatic rings. The minimum absolute atomic E-state index is 0.235. The first kappa shape index (κ1) is 25.9. The number of para-hydroxylation sites is 3. The van der Waals surface area contributed by atoms with E-state index in [9.17, 15) is 0 Å². The highest BCUT2D eigenvalue weighted by molar-refractivity contribution is 6.51. The van der Waals surface area contributed by atoms with Gasteiger partial charge in [-0.2, -0.15) is 5.10 Å². The standard InChI is InChI=1S/C33H27ClN6O2/c1-20-29-30(21-13-15-22(34)16-14-21)39-26-12-8-7-11-25(26)36-31(35-23-17-18-27(41-2)28(19-23)42-3)33(39)37-32(29)40(38-20)24-9-5-4-6-10-24/h4-19,30H,1-3H3,(H,35,36). The zero-order chi connectivity index (χ0) is 28.8. The maximum absolute atomic E-state index is 6.34. The smallest absolute Gasteiger partial charge is 0.179 e. The summed E-state index contributed by atoms with van der Waals surface area (Å²) in [5, 5.41) is 9.18. The first-order chi connectivity index (χ1) is 20.6. The van der Waals surface area contributed by atoms with Crippen molar-refractivity contribution in [1.82, 2.24) is 9.78 Å². The van der Waals surface area contributed by atoms with Gasteiger partial charge in [-0.1, -0.05) is 54.1 Å². The summed E-state index contributed by atoms with van der Waals surface area (Å²) in [4.78, 5) is 12.6. The normalized spacial score (nSPS) is 15.1. The molecule has 9 heteroatoms. The monoisotopic (exact) mass is 574 g/mol. The molecule has 0 saturated carbocycles. The fourth-order valence-electron chi connectivity index (χ4n) is 5.56. The quantitative estimate of drug-likeness (QED) is 0.233. The van der Waals surface area contributed by atoms with Crippen LogP contribution in [0.3, 0.4) is 0 Å². The van der Waals surface area contributed by atoms with E-state index in [1.165, 1.54) is 0 Å². The highest BCUT2D eigenvalue weighted by Gasteiger charge is 2.41. The molecular weight excluding hydrogens is 548 g/mol. The summed E-state index contributed by atoms with van der Waals surface area (Å²) >= 11 is 6.34. The van der Waals surface area contributed by atoms with Crippen LogP contribution in [0.15, 0.2) is 107 Å². The van der Waals surface area contributed by atoms with E-state index in [4.69, 9.17) is 36.2 Å². The molecule has 42 heavy (non-hydrogen) atoms. The molecule has 0 aliphatic carbocycles. The largest absolute Gasteiger partial charge is 0.493 e. The van der Waals surface area contributed by atoms with Crippen molar-refractivity contribution in [3.63, 3.8) is 0 Å². The van der Waals surface area contributed by atoms with E-state index < -0.39 is 0 Å². The van der Waals surface area contributed by atoms with Crippen LogP contribution in [0, 0.1) is 6.92 Å². The van der Waals surface area contributed by atoms with Gasteiger partial charge in [0.2, 0.25) is 0 Å². The van der Waals surface area contributed by atoms with Crippen molar-refractivity contribution in [1.29, 1.82) is 0 Å². The Morgan fingerprint density at radius 2 is 1.55 bits per heavy atom. The molecule has 0 bridgehead atoms. The van der Waals surface area contributed by atoms with Crippen molar-refractivity contribution < 1.29 is 9.47 Å². The number of ether oxygens (including phenoxy) is 2. The molecule has 0 amide bonds. The first-order valence-electron chi connectivity index (χ1n) is 13.5. The minimum atomic E-state index is -0.235. The lowest BCUT2D eigenvalue weighted by Gasteiger charge is -2.40. The van der Waals surface area contributed by atoms with Crippen molar-refractivity contribution >= 4 is 46.2 Å². The molecule has 8 nitrogen and oxygen atoms in total. The van der Waals surface area contributed by atoms with Crippen molar-refractivity contribution in [2.45, 2.75) is 13.0 Å². The number of fused-ring (bicyclic) bond motifs is 4. The zero-order valence-electron chi connectivity index (χ0n) is 23.2. The minimum Gasteiger partial charge on any atom is -0.493 e. The number of aromatic nitrogens is 2. The fourth-order valence-corrected chi connectivity index (χ4v) is 5.68. The van der Waals surface area contributed by atoms with Crippen molar-refractivity contribution in [3.05, 3.63) is 119 Å². The molecule has 0 fully saturated rings. The van der Waals surface area contributed by atoms with Crippen molar-refractivity contribution in [2.75, 3.05) is 24.4 Å². The number of methoxy groups -OCH3 is 2. The second kappa shape index (κ2) is 10.4. The van der Waals surface area contributed by atoms with Gasteiger partial charge in [-0.3, -0.25) is 0 Å². The Labute approximate surface area is 248 Å². The van der Waals surface area contributed by atoms with Gasteiger partial charge in [-0.05, 0) is 61.0 Å². The number of nitrogens with one attached hydrogen (secondary N) is 1. The molecule has 0 spiro atoms. The summed E-state index contributed by atoms with van der Waals surface area (Å²) in [5.74, 6) is 3.29. The number of hydrogen-bond donors (Lipinski definition) is 1. The Balaban J connectivity index is 1.46. The van der Waals surface area contributed by atoms with Crippen molar-refractivity contribution in [2.24, 2.45) is 9.98 Å². The molecule has 0 radical (unpaired) electrons. The lowest BCUT2D eigenvalue weighted by atomic mass is 9.93. The third-order valence-electron chi connectivity index (χ3n) is 7.47. The van der Waals surface area contributed by atoms with E-state index in [-0.39, 0.29) is 6.04 Å². The van der Waals surface area contributed by atoms with Gasteiger partial charge in [0.15, 0.2) is 29.0 Å². The second-order valence-electron chi connectivity index (χ2n) is 9.97. The zero-order valence-corrected chi connectivity index (χ0v) is 24.0. The lowest BCUT2D eigenvalue weighted by molar-refractivity contribution is 0.355. The Hall–Kier alpha value is -5.08. The Morgan fingerprint density at radius 1 is 0.810 bits per heavy atom. The Bertz CT molecular complexity index is 1860. The number of halogens is 1. The van der Waals surface area contributed by atoms with E-state index in [1.54, 1.807) is 14.2 Å². The van der Waals surface area contributed by atoms with Crippen molar-refractivity contribution in [3.8, 4) is 17.2 Å². The average Bonchev–Trinajstić information content (AvgIpc) is 3.36. The van der Waals surface area contributed by atoms with E-state index in [1.807, 2.05) is 90.5 Å². The number of nitrogens with zero attached hydrogens (tertiary/aromatic N) is 5. The van der Waals surface area contributed by atoms with Gasteiger partial charge in [0.05, 0.1) is 43.0 Å². The molecule has 208 valence electrons. The number of anilines is 2. The van der Waals surface area contributed by atoms with Crippen LogP contribution in [0.1, 0.15) is 22.9 Å². The van der Waals surface area contributed by atoms with Crippen LogP contribution in [0.2, 0.25) is 5.02 Å². The second-order valence-corrected chi connectivity index (χ2v) is 10.4. The molecule has 1 atom stereocenters. The number of benzene rings is 4. The van der Waals surface area contributed by atoms with Crippen LogP contribution in [0.4, 0.5) is 22.9 Å². The van der Waals surface area contributed by atoms with E-state index in [2.05, 4.69) is 28.4 Å². The number of aryl methyl sites for hydroxylation is 1. The fraction of sp³-hybridized carbons (Fsp3) is 0.121. The predicted molar refractivity (Wildman–Crippen MR) is 168 cm³/mol. The molecule has 2 aliphatic heterocycles. The SMILES string of the molecule is COc1ccc(NC2=Nc3ccccc3N3C2=Nc2c(c(C)nn2-c2ccccc2)C3c2ccc(Cl)cc2)cc1OC. The molecule has 1 N–H and O–H groups in total. The van der Waals surface area contributed by atoms with Gasteiger partial charge in [-0.25, -0.2) is 14.7 Å². The highest BCUT2D eigenvalue weighted by atomic mass is 35.5. The average molecular weight is 575 g/mol. The maximum atomic E-state index is 6.34. The molecule has 0 saturated heterocycles. The number of aliphatic imine (C=N–C) groups is 2. The summed E-state index contributed by atoms with van der Waals surface area (Å²) in [6.45, 7) is 2.04. The topological polar surface area (TPSA) is 76.3 Å². The van der Waals surface area contributed by atoms with Crippen LogP contribution in [0.5, 0.6) is 11.5 Å². The number of hydrogen-bond acceptors (Lipinski definition) is 7. The van der Waals surface area contributed by atoms with E-state index in [0.29, 0.717) is 28.2 Å².